The molecule has 0 aliphatic rings. The Kier molecular flexibility index (Phi) is 5.02. The number of carbonyl (C=O) groups is 1. The Morgan fingerprint density at radius 1 is 0.971 bits per heavy atom. The Morgan fingerprint density at radius 2 is 1.77 bits per heavy atom. The molecule has 6 rings (SSSR count). The van der Waals surface area contributed by atoms with Gasteiger partial charge in [-0.25, -0.2) is 4.98 Å². The summed E-state index contributed by atoms with van der Waals surface area (Å²) in [6, 6.07) is 22.1. The van der Waals surface area contributed by atoms with Gasteiger partial charge in [-0.15, -0.1) is 11.3 Å². The molecule has 0 saturated carbocycles. The summed E-state index contributed by atoms with van der Waals surface area (Å²) in [5.74, 6) is 0.697. The molecule has 0 saturated heterocycles. The molecule has 5 aromatic heterocycles. The van der Waals surface area contributed by atoms with Crippen LogP contribution < -0.4 is 5.32 Å². The minimum absolute atomic E-state index is 0.00821. The minimum atomic E-state index is -0.427. The summed E-state index contributed by atoms with van der Waals surface area (Å²) in [6.45, 7) is 0. The van der Waals surface area contributed by atoms with Crippen molar-refractivity contribution < 1.29 is 18.0 Å². The molecule has 8 heteroatoms. The van der Waals surface area contributed by atoms with E-state index in [1.807, 2.05) is 41.8 Å². The minimum Gasteiger partial charge on any atom is -0.464 e. The van der Waals surface area contributed by atoms with Gasteiger partial charge >= 0.3 is 0 Å². The van der Waals surface area contributed by atoms with E-state index in [2.05, 4.69) is 11.4 Å². The summed E-state index contributed by atoms with van der Waals surface area (Å²) in [4.78, 5) is 19.2. The van der Waals surface area contributed by atoms with Gasteiger partial charge in [-0.2, -0.15) is 5.26 Å². The van der Waals surface area contributed by atoms with Gasteiger partial charge in [-0.1, -0.05) is 24.3 Å². The van der Waals surface area contributed by atoms with Crippen LogP contribution in [0, 0.1) is 11.3 Å². The molecule has 0 aliphatic carbocycles. The van der Waals surface area contributed by atoms with Crippen LogP contribution in [0.3, 0.4) is 0 Å². The lowest BCUT2D eigenvalue weighted by molar-refractivity contribution is 0.102. The van der Waals surface area contributed by atoms with E-state index in [0.717, 1.165) is 4.88 Å². The first kappa shape index (κ1) is 20.7. The molecular weight excluding hydrogens is 462 g/mol. The predicted molar refractivity (Wildman–Crippen MR) is 132 cm³/mol. The molecule has 0 unspecified atom stereocenters. The fourth-order valence-corrected chi connectivity index (χ4v) is 4.63. The van der Waals surface area contributed by atoms with E-state index < -0.39 is 5.91 Å². The lowest BCUT2D eigenvalue weighted by Gasteiger charge is -2.09. The van der Waals surface area contributed by atoms with Crippen LogP contribution in [0.5, 0.6) is 0 Å². The van der Waals surface area contributed by atoms with Gasteiger partial charge in [-0.05, 0) is 47.8 Å². The number of fused-ring (bicyclic) bond motifs is 1. The Balaban J connectivity index is 1.48. The zero-order valence-corrected chi connectivity index (χ0v) is 18.8. The third kappa shape index (κ3) is 3.60. The van der Waals surface area contributed by atoms with Gasteiger partial charge in [0.15, 0.2) is 11.5 Å². The fourth-order valence-electron chi connectivity index (χ4n) is 3.95. The number of nitriles is 1. The molecule has 1 aromatic carbocycles. The second-order valence-corrected chi connectivity index (χ2v) is 8.53. The highest BCUT2D eigenvalue weighted by molar-refractivity contribution is 7.13. The predicted octanol–water partition coefficient (Wildman–Crippen LogP) is 7.20. The van der Waals surface area contributed by atoms with Crippen molar-refractivity contribution in [1.29, 1.82) is 5.26 Å². The van der Waals surface area contributed by atoms with Gasteiger partial charge in [0.05, 0.1) is 39.7 Å². The number of para-hydroxylation sites is 1. The maximum Gasteiger partial charge on any atom is 0.258 e. The molecule has 168 valence electrons. The summed E-state index contributed by atoms with van der Waals surface area (Å²) < 4.78 is 17.0. The van der Waals surface area contributed by atoms with Crippen LogP contribution in [0.1, 0.15) is 15.9 Å². The Morgan fingerprint density at radius 3 is 2.49 bits per heavy atom. The van der Waals surface area contributed by atoms with E-state index >= 15 is 0 Å². The van der Waals surface area contributed by atoms with Gasteiger partial charge < -0.3 is 13.3 Å². The van der Waals surface area contributed by atoms with Crippen LogP contribution >= 0.6 is 11.3 Å². The number of thiophene rings is 1. The highest BCUT2D eigenvalue weighted by atomic mass is 32.1. The van der Waals surface area contributed by atoms with E-state index in [9.17, 15) is 10.1 Å². The quantitative estimate of drug-likeness (QED) is 0.281. The number of pyridine rings is 1. The molecule has 6 aromatic rings. The highest BCUT2D eigenvalue weighted by Gasteiger charge is 2.28. The zero-order chi connectivity index (χ0) is 23.8. The standard InChI is InChI=1S/C27H15N3O4S/c28-15-18-24(21-8-3-11-32-21)25(22-9-4-12-33-22)34-27(18)30-26(31)17-14-20(23-10-5-13-35-23)29-19-7-2-1-6-16(17)19/h1-14H,(H,30,31). The van der Waals surface area contributed by atoms with E-state index in [4.69, 9.17) is 18.2 Å². The fraction of sp³-hybridized carbons (Fsp3) is 0. The van der Waals surface area contributed by atoms with Crippen molar-refractivity contribution in [3.8, 4) is 39.5 Å². The molecule has 1 N–H and O–H groups in total. The van der Waals surface area contributed by atoms with Crippen LogP contribution in [0.15, 0.2) is 97.9 Å². The number of hydrogen-bond acceptors (Lipinski definition) is 7. The molecule has 0 fully saturated rings. The van der Waals surface area contributed by atoms with Crippen LogP contribution in [-0.2, 0) is 0 Å². The zero-order valence-electron chi connectivity index (χ0n) is 18.0. The first-order valence-electron chi connectivity index (χ1n) is 10.6. The van der Waals surface area contributed by atoms with Crippen molar-refractivity contribution in [2.24, 2.45) is 0 Å². The van der Waals surface area contributed by atoms with Crippen molar-refractivity contribution in [3.05, 3.63) is 95.8 Å². The SMILES string of the molecule is N#Cc1c(NC(=O)c2cc(-c3cccs3)nc3ccccc23)oc(-c2ccco2)c1-c1ccco1. The monoisotopic (exact) mass is 477 g/mol. The van der Waals surface area contributed by atoms with Gasteiger partial charge in [-0.3, -0.25) is 10.1 Å². The number of aromatic nitrogens is 1. The molecule has 35 heavy (non-hydrogen) atoms. The molecule has 0 bridgehead atoms. The smallest absolute Gasteiger partial charge is 0.258 e. The van der Waals surface area contributed by atoms with Gasteiger partial charge in [0.1, 0.15) is 17.4 Å². The molecule has 0 aliphatic heterocycles. The maximum absolute atomic E-state index is 13.6. The van der Waals surface area contributed by atoms with Crippen LogP contribution in [0.4, 0.5) is 5.88 Å². The summed E-state index contributed by atoms with van der Waals surface area (Å²) >= 11 is 1.54. The van der Waals surface area contributed by atoms with Crippen molar-refractivity contribution in [1.82, 2.24) is 4.98 Å². The number of rotatable bonds is 5. The van der Waals surface area contributed by atoms with Gasteiger partial charge in [0.25, 0.3) is 5.91 Å². The number of nitrogens with zero attached hydrogens (tertiary/aromatic N) is 2. The van der Waals surface area contributed by atoms with Gasteiger partial charge in [0, 0.05) is 5.39 Å². The van der Waals surface area contributed by atoms with Crippen LogP contribution in [0.25, 0.3) is 44.3 Å². The van der Waals surface area contributed by atoms with E-state index in [-0.39, 0.29) is 17.2 Å². The Bertz CT molecular complexity index is 1690. The van der Waals surface area contributed by atoms with Gasteiger partial charge in [0.2, 0.25) is 5.88 Å². The number of hydrogen-bond donors (Lipinski definition) is 1. The second-order valence-electron chi connectivity index (χ2n) is 7.58. The van der Waals surface area contributed by atoms with E-state index in [1.54, 1.807) is 41.7 Å². The summed E-state index contributed by atoms with van der Waals surface area (Å²) in [5.41, 5.74) is 2.34. The van der Waals surface area contributed by atoms with Crippen LogP contribution in [0.2, 0.25) is 0 Å². The highest BCUT2D eigenvalue weighted by Crippen LogP contribution is 2.42. The third-order valence-corrected chi connectivity index (χ3v) is 6.39. The van der Waals surface area contributed by atoms with Crippen molar-refractivity contribution >= 4 is 34.0 Å². The number of nitrogens with one attached hydrogen (secondary N) is 1. The number of furan rings is 3. The normalized spacial score (nSPS) is 10.9. The van der Waals surface area contributed by atoms with Crippen molar-refractivity contribution in [2.45, 2.75) is 0 Å². The van der Waals surface area contributed by atoms with Crippen molar-refractivity contribution in [3.63, 3.8) is 0 Å². The summed E-state index contributed by atoms with van der Waals surface area (Å²) in [7, 11) is 0. The summed E-state index contributed by atoms with van der Waals surface area (Å²) in [6.07, 6.45) is 3.01. The largest absolute Gasteiger partial charge is 0.464 e. The molecule has 0 atom stereocenters. The first-order valence-corrected chi connectivity index (χ1v) is 11.5. The molecule has 1 amide bonds. The average Bonchev–Trinajstić information content (AvgIpc) is 3.69. The van der Waals surface area contributed by atoms with E-state index in [0.29, 0.717) is 39.2 Å². The van der Waals surface area contributed by atoms with Crippen molar-refractivity contribution in [2.75, 3.05) is 5.32 Å². The third-order valence-electron chi connectivity index (χ3n) is 5.49. The average molecular weight is 478 g/mol. The lowest BCUT2D eigenvalue weighted by Crippen LogP contribution is -2.13. The number of benzene rings is 1. The lowest BCUT2D eigenvalue weighted by atomic mass is 10.1. The Labute approximate surface area is 202 Å². The maximum atomic E-state index is 13.6. The van der Waals surface area contributed by atoms with Crippen LogP contribution in [-0.4, -0.2) is 10.9 Å². The molecule has 0 spiro atoms. The molecular formula is C27H15N3O4S. The second kappa shape index (κ2) is 8.48. The number of carbonyl (C=O) groups excluding carboxylic acids is 1. The van der Waals surface area contributed by atoms with E-state index in [1.165, 1.54) is 12.5 Å². The molecule has 7 nitrogen and oxygen atoms in total. The number of amides is 1. The molecule has 0 radical (unpaired) electrons. The number of anilines is 1. The first-order chi connectivity index (χ1) is 17.2. The topological polar surface area (TPSA) is 105 Å². The molecule has 5 heterocycles. The summed E-state index contributed by atoms with van der Waals surface area (Å²) in [5, 5.41) is 15.4. The Hall–Kier alpha value is -4.87.